The van der Waals surface area contributed by atoms with Crippen LogP contribution in [0.5, 0.6) is 0 Å². The van der Waals surface area contributed by atoms with Crippen LogP contribution in [0.15, 0.2) is 24.3 Å². The van der Waals surface area contributed by atoms with Gasteiger partial charge in [0.05, 0.1) is 8.07 Å². The van der Waals surface area contributed by atoms with E-state index in [0.29, 0.717) is 5.41 Å². The highest BCUT2D eigenvalue weighted by molar-refractivity contribution is 6.91. The smallest absolute Gasteiger partial charge is 0.149 e. The van der Waals surface area contributed by atoms with Gasteiger partial charge in [-0.05, 0) is 46.7 Å². The fourth-order valence-corrected chi connectivity index (χ4v) is 9.90. The van der Waals surface area contributed by atoms with Gasteiger partial charge in [0.15, 0.2) is 0 Å². The topological polar surface area (TPSA) is 17.1 Å². The Balaban J connectivity index is 2.00. The second-order valence-corrected chi connectivity index (χ2v) is 13.2. The summed E-state index contributed by atoms with van der Waals surface area (Å²) in [4.78, 5) is 11.5. The van der Waals surface area contributed by atoms with Crippen LogP contribution in [0.25, 0.3) is 0 Å². The molecule has 2 heteroatoms. The maximum absolute atomic E-state index is 11.5. The predicted molar refractivity (Wildman–Crippen MR) is 91.9 cm³/mol. The predicted octanol–water partition coefficient (Wildman–Crippen LogP) is 4.49. The van der Waals surface area contributed by atoms with Crippen molar-refractivity contribution in [2.24, 2.45) is 23.2 Å². The molecule has 114 valence electrons. The molecule has 1 aromatic rings. The van der Waals surface area contributed by atoms with Crippen LogP contribution >= 0.6 is 0 Å². The van der Waals surface area contributed by atoms with E-state index in [1.807, 2.05) is 12.1 Å². The fraction of sp³-hybridized carbons (Fsp3) is 0.632. The maximum atomic E-state index is 11.5. The quantitative estimate of drug-likeness (QED) is 0.594. The van der Waals surface area contributed by atoms with Crippen molar-refractivity contribution >= 4 is 19.5 Å². The Labute approximate surface area is 130 Å². The highest BCUT2D eigenvalue weighted by Gasteiger charge is 2.60. The number of aldehydes is 1. The van der Waals surface area contributed by atoms with Gasteiger partial charge >= 0.3 is 0 Å². The Morgan fingerprint density at radius 3 is 2.38 bits per heavy atom. The molecule has 4 unspecified atom stereocenters. The van der Waals surface area contributed by atoms with E-state index in [1.54, 1.807) is 0 Å². The molecule has 3 aliphatic rings. The largest absolute Gasteiger partial charge is 0.298 e. The molecule has 4 atom stereocenters. The summed E-state index contributed by atoms with van der Waals surface area (Å²) in [6.45, 7) is 12.4. The maximum Gasteiger partial charge on any atom is 0.149 e. The number of benzene rings is 1. The van der Waals surface area contributed by atoms with Crippen LogP contribution in [-0.2, 0) is 0 Å². The molecule has 0 N–H and O–H groups in total. The molecule has 0 saturated heterocycles. The minimum absolute atomic E-state index is 0.503. The Bertz CT molecular complexity index is 560. The molecule has 4 rings (SSSR count). The lowest BCUT2D eigenvalue weighted by Crippen LogP contribution is -2.62. The molecule has 1 aromatic carbocycles. The Kier molecular flexibility index (Phi) is 3.44. The molecule has 2 bridgehead atoms. The zero-order valence-corrected chi connectivity index (χ0v) is 15.0. The molecular formula is C19H28OSi. The number of carbonyl (C=O) groups excluding carboxylic acids is 1. The number of hydrogen-bond donors (Lipinski definition) is 0. The van der Waals surface area contributed by atoms with E-state index in [4.69, 9.17) is 0 Å². The van der Waals surface area contributed by atoms with Crippen molar-refractivity contribution in [3.63, 3.8) is 0 Å². The molecule has 3 aliphatic carbocycles. The van der Waals surface area contributed by atoms with Gasteiger partial charge in [0.25, 0.3) is 0 Å². The van der Waals surface area contributed by atoms with Crippen LogP contribution in [0.1, 0.15) is 44.0 Å². The number of hydrogen-bond acceptors (Lipinski definition) is 1. The van der Waals surface area contributed by atoms with Gasteiger partial charge in [0.2, 0.25) is 0 Å². The van der Waals surface area contributed by atoms with E-state index in [9.17, 15) is 4.79 Å². The first-order valence-electron chi connectivity index (χ1n) is 8.34. The molecule has 0 amide bonds. The van der Waals surface area contributed by atoms with Crippen LogP contribution in [0.4, 0.5) is 0 Å². The van der Waals surface area contributed by atoms with Crippen LogP contribution in [0, 0.1) is 23.2 Å². The number of fused-ring (bicyclic) bond motifs is 2. The van der Waals surface area contributed by atoms with Gasteiger partial charge in [-0.15, -0.1) is 0 Å². The Morgan fingerprint density at radius 2 is 1.81 bits per heavy atom. The molecular weight excluding hydrogens is 272 g/mol. The fourth-order valence-electron chi connectivity index (χ4n) is 5.56. The lowest BCUT2D eigenvalue weighted by molar-refractivity contribution is -0.0997. The Hall–Kier alpha value is -0.893. The molecule has 0 spiro atoms. The van der Waals surface area contributed by atoms with Gasteiger partial charge < -0.3 is 0 Å². The van der Waals surface area contributed by atoms with Crippen molar-refractivity contribution in [1.82, 2.24) is 0 Å². The van der Waals surface area contributed by atoms with E-state index < -0.39 is 8.07 Å². The lowest BCUT2D eigenvalue weighted by Gasteiger charge is -2.65. The standard InChI is InChI=1S/C19H28OSi/c1-13-10-18(16-11-15(13)19(16,2)3)21(4,5)17-9-7-6-8-14(17)12-20/h6-9,12-13,15-16,18H,10-11H2,1-5H3. The van der Waals surface area contributed by atoms with Crippen molar-refractivity contribution in [1.29, 1.82) is 0 Å². The summed E-state index contributed by atoms with van der Waals surface area (Å²) in [5, 5.41) is 1.37. The van der Waals surface area contributed by atoms with Gasteiger partial charge in [0, 0.05) is 5.56 Å². The normalized spacial score (nSPS) is 34.1. The molecule has 0 aliphatic heterocycles. The van der Waals surface area contributed by atoms with Crippen LogP contribution in [-0.4, -0.2) is 14.4 Å². The van der Waals surface area contributed by atoms with Crippen molar-refractivity contribution in [3.8, 4) is 0 Å². The van der Waals surface area contributed by atoms with E-state index in [-0.39, 0.29) is 0 Å². The van der Waals surface area contributed by atoms with Gasteiger partial charge in [-0.25, -0.2) is 0 Å². The first-order valence-corrected chi connectivity index (χ1v) is 11.4. The number of rotatable bonds is 3. The molecule has 1 nitrogen and oxygen atoms in total. The van der Waals surface area contributed by atoms with Crippen molar-refractivity contribution in [2.45, 2.75) is 52.2 Å². The summed E-state index contributed by atoms with van der Waals surface area (Å²) in [6.07, 6.45) is 3.84. The average molecular weight is 301 g/mol. The van der Waals surface area contributed by atoms with Gasteiger partial charge in [0.1, 0.15) is 6.29 Å². The van der Waals surface area contributed by atoms with Crippen LogP contribution in [0.2, 0.25) is 18.6 Å². The summed E-state index contributed by atoms with van der Waals surface area (Å²) in [7, 11) is -1.63. The molecule has 0 aromatic heterocycles. The van der Waals surface area contributed by atoms with E-state index in [1.165, 1.54) is 18.0 Å². The highest BCUT2D eigenvalue weighted by Crippen LogP contribution is 2.67. The van der Waals surface area contributed by atoms with Gasteiger partial charge in [-0.3, -0.25) is 4.79 Å². The molecule has 0 heterocycles. The number of carbonyl (C=O) groups is 1. The lowest BCUT2D eigenvalue weighted by atomic mass is 9.45. The average Bonchev–Trinajstić information content (AvgIpc) is 2.46. The summed E-state index contributed by atoms with van der Waals surface area (Å²) in [5.41, 5.74) is 2.25. The highest BCUT2D eigenvalue weighted by atomic mass is 28.3. The van der Waals surface area contributed by atoms with Crippen molar-refractivity contribution < 1.29 is 4.79 Å². The van der Waals surface area contributed by atoms with Crippen molar-refractivity contribution in [2.75, 3.05) is 0 Å². The van der Waals surface area contributed by atoms with Crippen LogP contribution < -0.4 is 5.19 Å². The van der Waals surface area contributed by atoms with E-state index in [2.05, 4.69) is 46.0 Å². The first-order chi connectivity index (χ1) is 9.80. The molecule has 21 heavy (non-hydrogen) atoms. The molecule has 3 saturated carbocycles. The summed E-state index contributed by atoms with van der Waals surface area (Å²) in [5.74, 6) is 2.62. The summed E-state index contributed by atoms with van der Waals surface area (Å²) in [6, 6.07) is 8.32. The third-order valence-electron chi connectivity index (χ3n) is 6.93. The van der Waals surface area contributed by atoms with Crippen molar-refractivity contribution in [3.05, 3.63) is 29.8 Å². The van der Waals surface area contributed by atoms with E-state index in [0.717, 1.165) is 35.1 Å². The van der Waals surface area contributed by atoms with Crippen LogP contribution in [0.3, 0.4) is 0 Å². The third kappa shape index (κ3) is 2.06. The minimum atomic E-state index is -1.63. The van der Waals surface area contributed by atoms with Gasteiger partial charge in [-0.1, -0.05) is 58.1 Å². The molecule has 0 radical (unpaired) electrons. The summed E-state index contributed by atoms with van der Waals surface area (Å²) < 4.78 is 0. The molecule has 3 fully saturated rings. The second-order valence-electron chi connectivity index (χ2n) is 8.52. The minimum Gasteiger partial charge on any atom is -0.298 e. The zero-order chi connectivity index (χ0) is 15.4. The SMILES string of the molecule is CC1CC([Si](C)(C)c2ccccc2C=O)C2CC1C2(C)C. The summed E-state index contributed by atoms with van der Waals surface area (Å²) >= 11 is 0. The van der Waals surface area contributed by atoms with E-state index >= 15 is 0 Å². The zero-order valence-electron chi connectivity index (χ0n) is 14.0. The Morgan fingerprint density at radius 1 is 1.14 bits per heavy atom. The third-order valence-corrected chi connectivity index (χ3v) is 11.3. The second kappa shape index (κ2) is 4.81. The monoisotopic (exact) mass is 300 g/mol. The van der Waals surface area contributed by atoms with Gasteiger partial charge in [-0.2, -0.15) is 0 Å². The first kappa shape index (κ1) is 15.0.